The van der Waals surface area contributed by atoms with E-state index in [1.165, 1.54) is 0 Å². The normalized spacial score (nSPS) is 11.9. The molecule has 26 heavy (non-hydrogen) atoms. The molecule has 0 N–H and O–H groups in total. The number of hydrogen-bond acceptors (Lipinski definition) is 3. The Kier molecular flexibility index (Phi) is 4.57. The zero-order valence-corrected chi connectivity index (χ0v) is 14.1. The molecule has 0 saturated heterocycles. The number of halogens is 4. The Hall–Kier alpha value is -2.68. The number of para-hydroxylation sites is 1. The van der Waals surface area contributed by atoms with E-state index in [0.29, 0.717) is 11.9 Å². The Balaban J connectivity index is 2.24. The van der Waals surface area contributed by atoms with Gasteiger partial charge < -0.3 is 0 Å². The van der Waals surface area contributed by atoms with E-state index in [-0.39, 0.29) is 11.3 Å². The van der Waals surface area contributed by atoms with Crippen LogP contribution in [0.4, 0.5) is 17.6 Å². The molecule has 0 spiro atoms. The van der Waals surface area contributed by atoms with Gasteiger partial charge in [-0.25, -0.2) is 30.7 Å². The van der Waals surface area contributed by atoms with Crippen LogP contribution < -0.4 is 0 Å². The van der Waals surface area contributed by atoms with Crippen molar-refractivity contribution in [3.63, 3.8) is 0 Å². The molecule has 0 aliphatic rings. The van der Waals surface area contributed by atoms with Crippen molar-refractivity contribution >= 4 is 9.84 Å². The molecule has 0 aliphatic carbocycles. The van der Waals surface area contributed by atoms with Crippen molar-refractivity contribution in [1.82, 2.24) is 9.78 Å². The van der Waals surface area contributed by atoms with Crippen LogP contribution in [0.1, 0.15) is 12.1 Å². The number of rotatable bonds is 4. The molecule has 0 fully saturated rings. The van der Waals surface area contributed by atoms with Gasteiger partial charge in [0.1, 0.15) is 22.2 Å². The smallest absolute Gasteiger partial charge is 0.233 e. The molecule has 136 valence electrons. The van der Waals surface area contributed by atoms with Crippen molar-refractivity contribution in [1.29, 1.82) is 0 Å². The molecule has 0 amide bonds. The van der Waals surface area contributed by atoms with Crippen LogP contribution in [0, 0.1) is 11.6 Å². The summed E-state index contributed by atoms with van der Waals surface area (Å²) < 4.78 is 78.7. The van der Waals surface area contributed by atoms with Crippen LogP contribution >= 0.6 is 0 Å². The lowest BCUT2D eigenvalue weighted by Crippen LogP contribution is -2.06. The van der Waals surface area contributed by atoms with Crippen LogP contribution in [0.5, 0.6) is 0 Å². The monoisotopic (exact) mass is 384 g/mol. The summed E-state index contributed by atoms with van der Waals surface area (Å²) in [5.74, 6) is -2.61. The maximum absolute atomic E-state index is 14.2. The van der Waals surface area contributed by atoms with Gasteiger partial charge in [0.25, 0.3) is 6.43 Å². The Bertz CT molecular complexity index is 1040. The molecule has 0 unspecified atom stereocenters. The second kappa shape index (κ2) is 6.56. The quantitative estimate of drug-likeness (QED) is 0.635. The first kappa shape index (κ1) is 18.1. The van der Waals surface area contributed by atoms with Gasteiger partial charge in [0, 0.05) is 11.8 Å². The number of benzene rings is 2. The lowest BCUT2D eigenvalue weighted by atomic mass is 10.1. The Labute approximate surface area is 146 Å². The summed E-state index contributed by atoms with van der Waals surface area (Å²) in [6.45, 7) is 0. The number of aromatic nitrogens is 2. The molecule has 9 heteroatoms. The van der Waals surface area contributed by atoms with Crippen LogP contribution in [0.2, 0.25) is 0 Å². The summed E-state index contributed by atoms with van der Waals surface area (Å²) in [5.41, 5.74) is -0.278. The molecule has 0 saturated carbocycles. The van der Waals surface area contributed by atoms with Gasteiger partial charge in [-0.05, 0) is 30.3 Å². The van der Waals surface area contributed by atoms with Gasteiger partial charge in [-0.3, -0.25) is 0 Å². The van der Waals surface area contributed by atoms with E-state index in [9.17, 15) is 26.0 Å². The minimum absolute atomic E-state index is 0.00403. The van der Waals surface area contributed by atoms with Gasteiger partial charge in [-0.1, -0.05) is 18.2 Å². The van der Waals surface area contributed by atoms with E-state index >= 15 is 0 Å². The summed E-state index contributed by atoms with van der Waals surface area (Å²) in [6.07, 6.45) is -2.21. The first-order valence-corrected chi connectivity index (χ1v) is 9.20. The van der Waals surface area contributed by atoms with Crippen LogP contribution in [-0.4, -0.2) is 24.5 Å². The van der Waals surface area contributed by atoms with Crippen molar-refractivity contribution in [3.05, 3.63) is 65.9 Å². The van der Waals surface area contributed by atoms with E-state index in [1.54, 1.807) is 30.3 Å². The van der Waals surface area contributed by atoms with Crippen LogP contribution in [-0.2, 0) is 9.84 Å². The molecule has 0 aliphatic heterocycles. The largest absolute Gasteiger partial charge is 0.282 e. The van der Waals surface area contributed by atoms with Crippen LogP contribution in [0.25, 0.3) is 16.9 Å². The molecule has 3 aromatic rings. The van der Waals surface area contributed by atoms with Gasteiger partial charge in [0.05, 0.1) is 11.4 Å². The van der Waals surface area contributed by atoms with Crippen molar-refractivity contribution in [2.75, 3.05) is 6.26 Å². The molecule has 1 heterocycles. The average Bonchev–Trinajstić information content (AvgIpc) is 2.99. The molecule has 1 aromatic heterocycles. The summed E-state index contributed by atoms with van der Waals surface area (Å²) in [5, 5.41) is 3.79. The highest BCUT2D eigenvalue weighted by molar-refractivity contribution is 7.90. The number of alkyl halides is 2. The number of sulfone groups is 1. The second-order valence-corrected chi connectivity index (χ2v) is 7.50. The number of hydrogen-bond donors (Lipinski definition) is 0. The fourth-order valence-corrected chi connectivity index (χ4v) is 3.37. The molecule has 0 atom stereocenters. The molecular weight excluding hydrogens is 372 g/mol. The molecular formula is C17H12F4N2O2S. The summed E-state index contributed by atoms with van der Waals surface area (Å²) in [4.78, 5) is -1.07. The molecule has 0 radical (unpaired) electrons. The lowest BCUT2D eigenvalue weighted by molar-refractivity contribution is 0.145. The van der Waals surface area contributed by atoms with Crippen LogP contribution in [0.15, 0.2) is 53.4 Å². The first-order valence-electron chi connectivity index (χ1n) is 7.31. The predicted molar refractivity (Wildman–Crippen MR) is 87.0 cm³/mol. The SMILES string of the molecule is CS(=O)(=O)c1c(F)cc(-c2cc(C(F)F)nn2-c2ccccc2)cc1F. The van der Waals surface area contributed by atoms with Crippen molar-refractivity contribution in [2.45, 2.75) is 11.3 Å². The van der Waals surface area contributed by atoms with Gasteiger partial charge in [-0.2, -0.15) is 5.10 Å². The molecule has 2 aromatic carbocycles. The minimum atomic E-state index is -4.13. The first-order chi connectivity index (χ1) is 12.2. The van der Waals surface area contributed by atoms with Crippen LogP contribution in [0.3, 0.4) is 0 Å². The van der Waals surface area contributed by atoms with E-state index in [0.717, 1.165) is 22.9 Å². The second-order valence-electron chi connectivity index (χ2n) is 5.54. The van der Waals surface area contributed by atoms with E-state index in [4.69, 9.17) is 0 Å². The number of nitrogens with zero attached hydrogens (tertiary/aromatic N) is 2. The third kappa shape index (κ3) is 3.34. The van der Waals surface area contributed by atoms with E-state index in [1.807, 2.05) is 0 Å². The Morgan fingerprint density at radius 1 is 1.00 bits per heavy atom. The predicted octanol–water partition coefficient (Wildman–Crippen LogP) is 4.16. The van der Waals surface area contributed by atoms with Gasteiger partial charge in [0.2, 0.25) is 0 Å². The zero-order valence-electron chi connectivity index (χ0n) is 13.3. The summed E-state index contributed by atoms with van der Waals surface area (Å²) in [7, 11) is -4.13. The maximum Gasteiger partial charge on any atom is 0.282 e. The lowest BCUT2D eigenvalue weighted by Gasteiger charge is -2.10. The highest BCUT2D eigenvalue weighted by atomic mass is 32.2. The minimum Gasteiger partial charge on any atom is -0.233 e. The standard InChI is InChI=1S/C17H12F4N2O2S/c1-26(24,25)16-12(18)7-10(8-13(16)19)15-9-14(17(20)21)22-23(15)11-5-3-2-4-6-11/h2-9,17H,1H3. The third-order valence-electron chi connectivity index (χ3n) is 3.62. The average molecular weight is 384 g/mol. The van der Waals surface area contributed by atoms with Crippen molar-refractivity contribution in [2.24, 2.45) is 0 Å². The maximum atomic E-state index is 14.2. The fraction of sp³-hybridized carbons (Fsp3) is 0.118. The highest BCUT2D eigenvalue weighted by Crippen LogP contribution is 2.31. The highest BCUT2D eigenvalue weighted by Gasteiger charge is 2.24. The van der Waals surface area contributed by atoms with Gasteiger partial charge in [-0.15, -0.1) is 0 Å². The topological polar surface area (TPSA) is 52.0 Å². The molecule has 3 rings (SSSR count). The van der Waals surface area contributed by atoms with Crippen molar-refractivity contribution < 1.29 is 26.0 Å². The Morgan fingerprint density at radius 3 is 2.08 bits per heavy atom. The van der Waals surface area contributed by atoms with Crippen molar-refractivity contribution in [3.8, 4) is 16.9 Å². The summed E-state index contributed by atoms with van der Waals surface area (Å²) in [6, 6.07) is 10.8. The third-order valence-corrected chi connectivity index (χ3v) is 4.75. The van der Waals surface area contributed by atoms with E-state index < -0.39 is 38.5 Å². The summed E-state index contributed by atoms with van der Waals surface area (Å²) >= 11 is 0. The van der Waals surface area contributed by atoms with Gasteiger partial charge in [0.15, 0.2) is 9.84 Å². The van der Waals surface area contributed by atoms with Gasteiger partial charge >= 0.3 is 0 Å². The Morgan fingerprint density at radius 2 is 1.58 bits per heavy atom. The fourth-order valence-electron chi connectivity index (χ4n) is 2.54. The molecule has 4 nitrogen and oxygen atoms in total. The molecule has 0 bridgehead atoms. The van der Waals surface area contributed by atoms with E-state index in [2.05, 4.69) is 5.10 Å². The zero-order chi connectivity index (χ0) is 19.1.